The molecule has 34 heavy (non-hydrogen) atoms. The number of nitrogens with one attached hydrogen (secondary N) is 2. The van der Waals surface area contributed by atoms with Crippen LogP contribution >= 0.6 is 0 Å². The maximum absolute atomic E-state index is 13.2. The van der Waals surface area contributed by atoms with Crippen molar-refractivity contribution in [3.8, 4) is 5.75 Å². The van der Waals surface area contributed by atoms with E-state index in [-0.39, 0.29) is 41.3 Å². The van der Waals surface area contributed by atoms with E-state index in [0.717, 1.165) is 6.20 Å². The molecule has 1 unspecified atom stereocenters. The van der Waals surface area contributed by atoms with E-state index in [4.69, 9.17) is 15.2 Å². The van der Waals surface area contributed by atoms with E-state index in [1.165, 1.54) is 44.4 Å². The largest absolute Gasteiger partial charge is 0.489 e. The minimum absolute atomic E-state index is 0.000685. The number of amides is 2. The van der Waals surface area contributed by atoms with Crippen LogP contribution in [0.2, 0.25) is 0 Å². The monoisotopic (exact) mass is 479 g/mol. The molecule has 1 atom stereocenters. The number of alkyl halides is 3. The van der Waals surface area contributed by atoms with E-state index >= 15 is 0 Å². The van der Waals surface area contributed by atoms with E-state index in [1.807, 2.05) is 0 Å². The van der Waals surface area contributed by atoms with Gasteiger partial charge in [-0.1, -0.05) is 6.07 Å². The highest BCUT2D eigenvalue weighted by Crippen LogP contribution is 2.31. The zero-order chi connectivity index (χ0) is 24.9. The molecule has 4 N–H and O–H groups in total. The van der Waals surface area contributed by atoms with Crippen LogP contribution in [-0.4, -0.2) is 55.4 Å². The first kappa shape index (κ1) is 25.0. The minimum Gasteiger partial charge on any atom is -0.489 e. The summed E-state index contributed by atoms with van der Waals surface area (Å²) in [4.78, 5) is 32.8. The van der Waals surface area contributed by atoms with Gasteiger partial charge in [-0.2, -0.15) is 13.2 Å². The molecular weight excluding hydrogens is 455 g/mol. The van der Waals surface area contributed by atoms with E-state index in [0.29, 0.717) is 6.61 Å². The maximum atomic E-state index is 13.2. The Morgan fingerprint density at radius 3 is 2.71 bits per heavy atom. The van der Waals surface area contributed by atoms with Crippen molar-refractivity contribution in [1.82, 2.24) is 15.6 Å². The number of anilines is 1. The summed E-state index contributed by atoms with van der Waals surface area (Å²) in [7, 11) is 2.83. The molecule has 1 aliphatic rings. The second kappa shape index (κ2) is 10.1. The topological polar surface area (TPSA) is 128 Å². The molecule has 9 nitrogen and oxygen atoms in total. The molecule has 182 valence electrons. The Bertz CT molecular complexity index is 1100. The number of hydrogen-bond acceptors (Lipinski definition) is 7. The molecule has 2 aromatic rings. The molecule has 0 radical (unpaired) electrons. The normalized spacial score (nSPS) is 18.4. The van der Waals surface area contributed by atoms with Crippen LogP contribution in [0.1, 0.15) is 23.2 Å². The molecule has 2 amide bonds. The van der Waals surface area contributed by atoms with Crippen molar-refractivity contribution in [2.45, 2.75) is 24.7 Å². The van der Waals surface area contributed by atoms with E-state index < -0.39 is 35.8 Å². The van der Waals surface area contributed by atoms with Gasteiger partial charge in [0.15, 0.2) is 5.69 Å². The van der Waals surface area contributed by atoms with Gasteiger partial charge in [-0.25, -0.2) is 0 Å². The van der Waals surface area contributed by atoms with Crippen LogP contribution in [0.5, 0.6) is 5.75 Å². The summed E-state index contributed by atoms with van der Waals surface area (Å²) in [6.07, 6.45) is -3.30. The maximum Gasteiger partial charge on any atom is 0.433 e. The van der Waals surface area contributed by atoms with Crippen molar-refractivity contribution < 1.29 is 32.2 Å². The Morgan fingerprint density at radius 1 is 1.32 bits per heavy atom. The number of hydrogen-bond donors (Lipinski definition) is 3. The minimum atomic E-state index is -4.63. The molecule has 1 aromatic heterocycles. The summed E-state index contributed by atoms with van der Waals surface area (Å²) >= 11 is 0. The molecular formula is C22H24F3N5O4. The van der Waals surface area contributed by atoms with Gasteiger partial charge in [-0.05, 0) is 24.3 Å². The molecule has 1 saturated heterocycles. The van der Waals surface area contributed by atoms with Gasteiger partial charge in [0, 0.05) is 50.1 Å². The van der Waals surface area contributed by atoms with Gasteiger partial charge >= 0.3 is 6.18 Å². The van der Waals surface area contributed by atoms with Crippen molar-refractivity contribution in [2.75, 3.05) is 33.0 Å². The Hall–Kier alpha value is -3.67. The number of pyridine rings is 1. The zero-order valence-electron chi connectivity index (χ0n) is 18.5. The van der Waals surface area contributed by atoms with Crippen LogP contribution in [0.4, 0.5) is 18.9 Å². The number of halogens is 3. The Labute approximate surface area is 193 Å². The molecule has 0 spiro atoms. The number of benzene rings is 1. The van der Waals surface area contributed by atoms with E-state index in [2.05, 4.69) is 20.6 Å². The summed E-state index contributed by atoms with van der Waals surface area (Å²) in [5, 5.41) is 5.20. The lowest BCUT2D eigenvalue weighted by molar-refractivity contribution is -0.142. The smallest absolute Gasteiger partial charge is 0.433 e. The third-order valence-electron chi connectivity index (χ3n) is 5.31. The summed E-state index contributed by atoms with van der Waals surface area (Å²) in [6, 6.07) is 6.96. The average Bonchev–Trinajstić information content (AvgIpc) is 3.28. The van der Waals surface area contributed by atoms with Gasteiger partial charge in [-0.3, -0.25) is 19.6 Å². The van der Waals surface area contributed by atoms with Crippen LogP contribution in [0.25, 0.3) is 0 Å². The summed E-state index contributed by atoms with van der Waals surface area (Å²) in [6.45, 7) is -0.110. The lowest BCUT2D eigenvalue weighted by Gasteiger charge is -2.27. The molecule has 1 aromatic carbocycles. The highest BCUT2D eigenvalue weighted by molar-refractivity contribution is 6.46. The highest BCUT2D eigenvalue weighted by Gasteiger charge is 2.44. The molecule has 1 aliphatic heterocycles. The summed E-state index contributed by atoms with van der Waals surface area (Å²) < 4.78 is 50.4. The van der Waals surface area contributed by atoms with Crippen molar-refractivity contribution in [3.05, 3.63) is 53.3 Å². The average molecular weight is 479 g/mol. The fourth-order valence-electron chi connectivity index (χ4n) is 3.56. The number of carbonyl (C=O) groups is 2. The predicted molar refractivity (Wildman–Crippen MR) is 117 cm³/mol. The predicted octanol–water partition coefficient (Wildman–Crippen LogP) is 1.70. The standard InChI is InChI=1S/C22H24F3N5O4/c1-27-17(19(31)30-21(20(32)28-2)7-9-33-12-21)15-10-14(5-6-16(15)26)34-11-13-4-3-8-29-18(13)22(23,24)25/h3-6,8,10H,7,9,11-12,26H2,1-2H3,(H,28,32)(H,30,31). The van der Waals surface area contributed by atoms with Crippen LogP contribution in [0, 0.1) is 0 Å². The molecule has 0 aliphatic carbocycles. The Balaban J connectivity index is 1.82. The number of carbonyl (C=O) groups excluding carboxylic acids is 2. The van der Waals surface area contributed by atoms with Gasteiger partial charge in [0.25, 0.3) is 5.91 Å². The fourth-order valence-corrected chi connectivity index (χ4v) is 3.56. The molecule has 0 bridgehead atoms. The molecule has 12 heteroatoms. The van der Waals surface area contributed by atoms with Crippen LogP contribution in [0.3, 0.4) is 0 Å². The van der Waals surface area contributed by atoms with Gasteiger partial charge in [0.2, 0.25) is 5.91 Å². The molecule has 0 saturated carbocycles. The van der Waals surface area contributed by atoms with E-state index in [9.17, 15) is 22.8 Å². The van der Waals surface area contributed by atoms with Gasteiger partial charge < -0.3 is 25.8 Å². The van der Waals surface area contributed by atoms with Crippen molar-refractivity contribution in [1.29, 1.82) is 0 Å². The fraction of sp³-hybridized carbons (Fsp3) is 0.364. The molecule has 3 rings (SSSR count). The third kappa shape index (κ3) is 5.28. The number of rotatable bonds is 7. The van der Waals surface area contributed by atoms with Crippen LogP contribution in [-0.2, 0) is 27.1 Å². The first-order valence-corrected chi connectivity index (χ1v) is 10.2. The van der Waals surface area contributed by atoms with Crippen LogP contribution in [0.15, 0.2) is 41.5 Å². The number of aliphatic imine (C=N–C) groups is 1. The summed E-state index contributed by atoms with van der Waals surface area (Å²) in [5.74, 6) is -0.900. The SMILES string of the molecule is CN=C(C(=O)NC1(C(=O)NC)CCOC1)c1cc(OCc2cccnc2C(F)(F)F)ccc1N. The third-order valence-corrected chi connectivity index (χ3v) is 5.31. The molecule has 1 fully saturated rings. The van der Waals surface area contributed by atoms with Crippen LogP contribution < -0.4 is 21.1 Å². The number of nitrogens with two attached hydrogens (primary N) is 1. The first-order chi connectivity index (χ1) is 16.1. The second-order valence-corrected chi connectivity index (χ2v) is 7.54. The lowest BCUT2D eigenvalue weighted by Crippen LogP contribution is -2.60. The zero-order valence-corrected chi connectivity index (χ0v) is 18.5. The number of nitrogens with zero attached hydrogens (tertiary/aromatic N) is 2. The number of likely N-dealkylation sites (N-methyl/N-ethyl adjacent to an activating group) is 1. The molecule has 2 heterocycles. The van der Waals surface area contributed by atoms with Crippen molar-refractivity contribution in [3.63, 3.8) is 0 Å². The lowest BCUT2D eigenvalue weighted by atomic mass is 9.96. The highest BCUT2D eigenvalue weighted by atomic mass is 19.4. The quantitative estimate of drug-likeness (QED) is 0.410. The van der Waals surface area contributed by atoms with E-state index in [1.54, 1.807) is 0 Å². The number of aromatic nitrogens is 1. The Kier molecular flexibility index (Phi) is 7.40. The number of nitrogen functional groups attached to an aromatic ring is 1. The number of ether oxygens (including phenoxy) is 2. The van der Waals surface area contributed by atoms with Gasteiger partial charge in [0.05, 0.1) is 6.61 Å². The van der Waals surface area contributed by atoms with Crippen molar-refractivity contribution in [2.24, 2.45) is 4.99 Å². The van der Waals surface area contributed by atoms with Gasteiger partial charge in [-0.15, -0.1) is 0 Å². The second-order valence-electron chi connectivity index (χ2n) is 7.54. The van der Waals surface area contributed by atoms with Crippen molar-refractivity contribution >= 4 is 23.2 Å². The summed E-state index contributed by atoms with van der Waals surface area (Å²) in [5.41, 5.74) is 3.92. The first-order valence-electron chi connectivity index (χ1n) is 10.2. The Morgan fingerprint density at radius 2 is 2.09 bits per heavy atom. The van der Waals surface area contributed by atoms with Gasteiger partial charge in [0.1, 0.15) is 23.6 Å².